The van der Waals surface area contributed by atoms with E-state index in [0.29, 0.717) is 42.5 Å². The lowest BCUT2D eigenvalue weighted by atomic mass is 10.1. The van der Waals surface area contributed by atoms with Crippen molar-refractivity contribution in [3.63, 3.8) is 0 Å². The van der Waals surface area contributed by atoms with Gasteiger partial charge < -0.3 is 19.1 Å². The number of fused-ring (bicyclic) bond motifs is 1. The molecule has 3 rings (SSSR count). The van der Waals surface area contributed by atoms with E-state index in [2.05, 4.69) is 4.72 Å². The standard InChI is InChI=1S/C19H22N2O6S/c1-4-21-9-10-27-16-7-5-13(11-15(16)19(21)22)20-28(23,24)14-6-8-17(25-2)18(12-14)26-3/h5-8,11-12,20H,4,9-10H2,1-3H3. The van der Waals surface area contributed by atoms with Crippen molar-refractivity contribution >= 4 is 21.6 Å². The molecule has 150 valence electrons. The van der Waals surface area contributed by atoms with Crippen LogP contribution in [0.3, 0.4) is 0 Å². The number of likely N-dealkylation sites (N-methyl/N-ethyl adjacent to an activating group) is 1. The smallest absolute Gasteiger partial charge is 0.262 e. The van der Waals surface area contributed by atoms with Crippen LogP contribution in [0.4, 0.5) is 5.69 Å². The molecule has 0 spiro atoms. The molecular weight excluding hydrogens is 384 g/mol. The van der Waals surface area contributed by atoms with Crippen LogP contribution in [0.1, 0.15) is 17.3 Å². The highest BCUT2D eigenvalue weighted by Crippen LogP contribution is 2.31. The van der Waals surface area contributed by atoms with E-state index in [0.717, 1.165) is 0 Å². The molecule has 2 aromatic rings. The Morgan fingerprint density at radius 2 is 1.86 bits per heavy atom. The first-order valence-electron chi connectivity index (χ1n) is 8.70. The number of carbonyl (C=O) groups is 1. The second-order valence-electron chi connectivity index (χ2n) is 6.07. The molecule has 1 aliphatic rings. The van der Waals surface area contributed by atoms with Gasteiger partial charge in [0.05, 0.1) is 31.2 Å². The van der Waals surface area contributed by atoms with Crippen molar-refractivity contribution in [3.8, 4) is 17.2 Å². The molecule has 0 bridgehead atoms. The van der Waals surface area contributed by atoms with Crippen LogP contribution >= 0.6 is 0 Å². The van der Waals surface area contributed by atoms with Gasteiger partial charge in [-0.15, -0.1) is 0 Å². The van der Waals surface area contributed by atoms with Gasteiger partial charge in [0.25, 0.3) is 15.9 Å². The molecule has 0 radical (unpaired) electrons. The third-order valence-corrected chi connectivity index (χ3v) is 5.79. The van der Waals surface area contributed by atoms with Gasteiger partial charge in [-0.25, -0.2) is 8.42 Å². The minimum Gasteiger partial charge on any atom is -0.493 e. The summed E-state index contributed by atoms with van der Waals surface area (Å²) in [4.78, 5) is 14.3. The van der Waals surface area contributed by atoms with Crippen molar-refractivity contribution in [2.75, 3.05) is 38.6 Å². The molecule has 28 heavy (non-hydrogen) atoms. The zero-order chi connectivity index (χ0) is 20.3. The number of carbonyl (C=O) groups excluding carboxylic acids is 1. The fourth-order valence-corrected chi connectivity index (χ4v) is 3.99. The molecule has 1 aliphatic heterocycles. The maximum Gasteiger partial charge on any atom is 0.262 e. The number of nitrogens with zero attached hydrogens (tertiary/aromatic N) is 1. The molecule has 1 amide bonds. The van der Waals surface area contributed by atoms with Crippen LogP contribution in [0, 0.1) is 0 Å². The Labute approximate surface area is 164 Å². The highest BCUT2D eigenvalue weighted by molar-refractivity contribution is 7.92. The van der Waals surface area contributed by atoms with E-state index in [4.69, 9.17) is 14.2 Å². The molecular formula is C19H22N2O6S. The molecule has 2 aromatic carbocycles. The number of benzene rings is 2. The van der Waals surface area contributed by atoms with Crippen molar-refractivity contribution < 1.29 is 27.4 Å². The molecule has 0 atom stereocenters. The van der Waals surface area contributed by atoms with Crippen molar-refractivity contribution in [2.45, 2.75) is 11.8 Å². The first kappa shape index (κ1) is 19.8. The Bertz CT molecular complexity index is 990. The van der Waals surface area contributed by atoms with Gasteiger partial charge in [-0.2, -0.15) is 0 Å². The lowest BCUT2D eigenvalue weighted by Crippen LogP contribution is -2.32. The van der Waals surface area contributed by atoms with Gasteiger partial charge in [0, 0.05) is 18.3 Å². The highest BCUT2D eigenvalue weighted by atomic mass is 32.2. The molecule has 8 nitrogen and oxygen atoms in total. The minimum atomic E-state index is -3.89. The lowest BCUT2D eigenvalue weighted by molar-refractivity contribution is 0.0765. The fourth-order valence-electron chi connectivity index (χ4n) is 2.92. The summed E-state index contributed by atoms with van der Waals surface area (Å²) >= 11 is 0. The topological polar surface area (TPSA) is 94.2 Å². The third kappa shape index (κ3) is 3.84. The van der Waals surface area contributed by atoms with Gasteiger partial charge in [0.1, 0.15) is 12.4 Å². The van der Waals surface area contributed by atoms with Gasteiger partial charge >= 0.3 is 0 Å². The molecule has 0 fully saturated rings. The number of ether oxygens (including phenoxy) is 3. The Hall–Kier alpha value is -2.94. The monoisotopic (exact) mass is 406 g/mol. The van der Waals surface area contributed by atoms with E-state index in [1.54, 1.807) is 17.0 Å². The zero-order valence-electron chi connectivity index (χ0n) is 15.9. The Morgan fingerprint density at radius 3 is 2.54 bits per heavy atom. The first-order chi connectivity index (χ1) is 13.4. The van der Waals surface area contributed by atoms with Gasteiger partial charge in [-0.05, 0) is 37.3 Å². The quantitative estimate of drug-likeness (QED) is 0.792. The molecule has 0 unspecified atom stereocenters. The average molecular weight is 406 g/mol. The summed E-state index contributed by atoms with van der Waals surface area (Å²) in [6.07, 6.45) is 0. The zero-order valence-corrected chi connectivity index (χ0v) is 16.7. The fraction of sp³-hybridized carbons (Fsp3) is 0.316. The molecule has 0 aliphatic carbocycles. The number of nitrogens with one attached hydrogen (secondary N) is 1. The number of methoxy groups -OCH3 is 2. The largest absolute Gasteiger partial charge is 0.493 e. The number of hydrogen-bond donors (Lipinski definition) is 1. The van der Waals surface area contributed by atoms with E-state index < -0.39 is 10.0 Å². The van der Waals surface area contributed by atoms with E-state index in [1.165, 1.54) is 38.5 Å². The van der Waals surface area contributed by atoms with Crippen molar-refractivity contribution in [2.24, 2.45) is 0 Å². The summed E-state index contributed by atoms with van der Waals surface area (Å²) in [6, 6.07) is 8.95. The number of amides is 1. The number of anilines is 1. The predicted molar refractivity (Wildman–Crippen MR) is 104 cm³/mol. The predicted octanol–water partition coefficient (Wildman–Crippen LogP) is 2.36. The molecule has 1 heterocycles. The van der Waals surface area contributed by atoms with Gasteiger partial charge in [0.15, 0.2) is 11.5 Å². The van der Waals surface area contributed by atoms with E-state index >= 15 is 0 Å². The Morgan fingerprint density at radius 1 is 1.11 bits per heavy atom. The maximum atomic E-state index is 12.8. The van der Waals surface area contributed by atoms with E-state index in [1.807, 2.05) is 6.92 Å². The third-order valence-electron chi connectivity index (χ3n) is 4.42. The van der Waals surface area contributed by atoms with Crippen molar-refractivity contribution in [3.05, 3.63) is 42.0 Å². The second-order valence-corrected chi connectivity index (χ2v) is 7.75. The molecule has 1 N–H and O–H groups in total. The van der Waals surface area contributed by atoms with Crippen LogP contribution in [-0.4, -0.2) is 53.1 Å². The van der Waals surface area contributed by atoms with Crippen LogP contribution in [0.25, 0.3) is 0 Å². The summed E-state index contributed by atoms with van der Waals surface area (Å²) in [6.45, 7) is 3.30. The summed E-state index contributed by atoms with van der Waals surface area (Å²) in [7, 11) is -0.994. The van der Waals surface area contributed by atoms with Crippen molar-refractivity contribution in [1.82, 2.24) is 4.90 Å². The van der Waals surface area contributed by atoms with Crippen LogP contribution in [0.5, 0.6) is 17.2 Å². The van der Waals surface area contributed by atoms with Gasteiger partial charge in [0.2, 0.25) is 0 Å². The SMILES string of the molecule is CCN1CCOc2ccc(NS(=O)(=O)c3ccc(OC)c(OC)c3)cc2C1=O. The minimum absolute atomic E-state index is 0.0119. The Kier molecular flexibility index (Phi) is 5.64. The molecule has 0 saturated heterocycles. The maximum absolute atomic E-state index is 12.8. The van der Waals surface area contributed by atoms with Crippen LogP contribution in [-0.2, 0) is 10.0 Å². The number of sulfonamides is 1. The average Bonchev–Trinajstić information content (AvgIpc) is 2.85. The van der Waals surface area contributed by atoms with Crippen molar-refractivity contribution in [1.29, 1.82) is 0 Å². The van der Waals surface area contributed by atoms with Crippen LogP contribution in [0.15, 0.2) is 41.3 Å². The number of rotatable bonds is 6. The van der Waals surface area contributed by atoms with Crippen LogP contribution < -0.4 is 18.9 Å². The van der Waals surface area contributed by atoms with E-state index in [-0.39, 0.29) is 16.5 Å². The summed E-state index contributed by atoms with van der Waals surface area (Å²) < 4.78 is 43.9. The van der Waals surface area contributed by atoms with E-state index in [9.17, 15) is 13.2 Å². The van der Waals surface area contributed by atoms with Gasteiger partial charge in [-0.1, -0.05) is 0 Å². The molecule has 0 saturated carbocycles. The molecule has 0 aromatic heterocycles. The first-order valence-corrected chi connectivity index (χ1v) is 10.2. The molecule has 9 heteroatoms. The lowest BCUT2D eigenvalue weighted by Gasteiger charge is -2.17. The summed E-state index contributed by atoms with van der Waals surface area (Å²) in [5.41, 5.74) is 0.593. The summed E-state index contributed by atoms with van der Waals surface area (Å²) in [5, 5.41) is 0. The Balaban J connectivity index is 1.92. The van der Waals surface area contributed by atoms with Gasteiger partial charge in [-0.3, -0.25) is 9.52 Å². The summed E-state index contributed by atoms with van der Waals surface area (Å²) in [5.74, 6) is 0.973. The highest BCUT2D eigenvalue weighted by Gasteiger charge is 2.24. The number of hydrogen-bond acceptors (Lipinski definition) is 6. The van der Waals surface area contributed by atoms with Crippen LogP contribution in [0.2, 0.25) is 0 Å². The second kappa shape index (κ2) is 7.97. The normalized spacial score (nSPS) is 14.0.